The van der Waals surface area contributed by atoms with E-state index in [1.165, 1.54) is 6.92 Å². The fourth-order valence-electron chi connectivity index (χ4n) is 1.96. The molecule has 0 aromatic heterocycles. The summed E-state index contributed by atoms with van der Waals surface area (Å²) in [7, 11) is 1.04. The van der Waals surface area contributed by atoms with Crippen molar-refractivity contribution >= 4 is 18.2 Å². The van der Waals surface area contributed by atoms with Crippen LogP contribution in [0.4, 0.5) is 18.4 Å². The van der Waals surface area contributed by atoms with Crippen molar-refractivity contribution in [2.45, 2.75) is 90.9 Å². The Kier molecular flexibility index (Phi) is 8.66. The number of hydrogen-bond acceptors (Lipinski definition) is 6. The monoisotopic (exact) mass is 395 g/mol. The van der Waals surface area contributed by atoms with Crippen LogP contribution in [0.5, 0.6) is 0 Å². The maximum atomic E-state index is 13.7. The number of halogens is 2. The van der Waals surface area contributed by atoms with Crippen molar-refractivity contribution in [2.24, 2.45) is 0 Å². The molecular weight excluding hydrogens is 364 g/mol. The van der Waals surface area contributed by atoms with Crippen LogP contribution in [0.3, 0.4) is 0 Å². The summed E-state index contributed by atoms with van der Waals surface area (Å²) in [5.74, 6) is -4.07. The molecule has 0 aliphatic heterocycles. The molecular formula is C18H31F2NO6. The second kappa shape index (κ2) is 9.32. The van der Waals surface area contributed by atoms with Gasteiger partial charge in [0.2, 0.25) is 5.92 Å². The maximum absolute atomic E-state index is 13.7. The van der Waals surface area contributed by atoms with E-state index >= 15 is 0 Å². The molecule has 0 saturated carbocycles. The highest BCUT2D eigenvalue weighted by molar-refractivity contribution is 5.94. The molecule has 0 bridgehead atoms. The predicted molar refractivity (Wildman–Crippen MR) is 94.6 cm³/mol. The summed E-state index contributed by atoms with van der Waals surface area (Å²) in [5.41, 5.74) is -1.96. The number of carbonyl (C=O) groups excluding carboxylic acids is 3. The van der Waals surface area contributed by atoms with Crippen molar-refractivity contribution in [1.29, 1.82) is 0 Å². The Morgan fingerprint density at radius 3 is 1.63 bits per heavy atom. The van der Waals surface area contributed by atoms with Gasteiger partial charge in [0.1, 0.15) is 17.2 Å². The maximum Gasteiger partial charge on any atom is 0.420 e. The Morgan fingerprint density at radius 1 is 0.926 bits per heavy atom. The van der Waals surface area contributed by atoms with Crippen molar-refractivity contribution in [3.63, 3.8) is 0 Å². The van der Waals surface area contributed by atoms with Crippen LogP contribution in [0.15, 0.2) is 0 Å². The van der Waals surface area contributed by atoms with Crippen LogP contribution >= 0.6 is 0 Å². The minimum Gasteiger partial charge on any atom is -0.467 e. The molecule has 27 heavy (non-hydrogen) atoms. The third-order valence-corrected chi connectivity index (χ3v) is 3.27. The minimum atomic E-state index is -3.06. The van der Waals surface area contributed by atoms with Crippen LogP contribution < -0.4 is 0 Å². The van der Waals surface area contributed by atoms with E-state index in [-0.39, 0.29) is 0 Å². The number of ether oxygens (including phenoxy) is 3. The molecule has 0 radical (unpaired) electrons. The van der Waals surface area contributed by atoms with Gasteiger partial charge in [-0.05, 0) is 48.0 Å². The molecule has 0 aliphatic carbocycles. The lowest BCUT2D eigenvalue weighted by Crippen LogP contribution is -2.52. The van der Waals surface area contributed by atoms with Gasteiger partial charge in [-0.25, -0.2) is 23.2 Å². The molecule has 0 N–H and O–H groups in total. The average Bonchev–Trinajstić information content (AvgIpc) is 2.46. The molecule has 2 amide bonds. The van der Waals surface area contributed by atoms with E-state index < -0.39 is 60.6 Å². The molecule has 0 rings (SSSR count). The zero-order chi connectivity index (χ0) is 21.6. The topological polar surface area (TPSA) is 82.1 Å². The van der Waals surface area contributed by atoms with Gasteiger partial charge in [0.05, 0.1) is 7.11 Å². The molecule has 0 unspecified atom stereocenters. The summed E-state index contributed by atoms with van der Waals surface area (Å²) in [6.45, 7) is 10.7. The van der Waals surface area contributed by atoms with Gasteiger partial charge in [0, 0.05) is 12.8 Å². The highest BCUT2D eigenvalue weighted by Gasteiger charge is 2.42. The third-order valence-electron chi connectivity index (χ3n) is 3.27. The lowest BCUT2D eigenvalue weighted by atomic mass is 10.0. The second-order valence-corrected chi connectivity index (χ2v) is 8.12. The van der Waals surface area contributed by atoms with Crippen LogP contribution in [0.1, 0.15) is 67.7 Å². The van der Waals surface area contributed by atoms with E-state index in [2.05, 4.69) is 4.74 Å². The minimum absolute atomic E-state index is 0.411. The predicted octanol–water partition coefficient (Wildman–Crippen LogP) is 4.53. The van der Waals surface area contributed by atoms with Gasteiger partial charge < -0.3 is 14.2 Å². The van der Waals surface area contributed by atoms with E-state index in [9.17, 15) is 23.2 Å². The number of imide groups is 1. The first-order chi connectivity index (χ1) is 12.0. The number of rotatable bonds is 6. The number of nitrogens with zero attached hydrogens (tertiary/aromatic N) is 1. The fourth-order valence-corrected chi connectivity index (χ4v) is 1.96. The Labute approximate surface area is 159 Å². The molecule has 0 fully saturated rings. The van der Waals surface area contributed by atoms with Crippen molar-refractivity contribution in [3.8, 4) is 0 Å². The number of carbonyl (C=O) groups is 3. The molecule has 7 nitrogen and oxygen atoms in total. The van der Waals surface area contributed by atoms with Crippen LogP contribution in [0.2, 0.25) is 0 Å². The van der Waals surface area contributed by atoms with Crippen LogP contribution in [0.25, 0.3) is 0 Å². The van der Waals surface area contributed by atoms with Crippen LogP contribution in [-0.4, -0.2) is 53.3 Å². The Balaban J connectivity index is 5.85. The molecule has 0 aromatic rings. The van der Waals surface area contributed by atoms with Crippen LogP contribution in [-0.2, 0) is 19.0 Å². The first kappa shape index (κ1) is 25.1. The smallest absolute Gasteiger partial charge is 0.420 e. The number of alkyl halides is 2. The van der Waals surface area contributed by atoms with E-state index in [0.29, 0.717) is 4.90 Å². The normalized spacial score (nSPS) is 13.6. The largest absolute Gasteiger partial charge is 0.467 e. The summed E-state index contributed by atoms with van der Waals surface area (Å²) in [5, 5.41) is 0. The zero-order valence-corrected chi connectivity index (χ0v) is 17.4. The van der Waals surface area contributed by atoms with E-state index in [1.54, 1.807) is 41.5 Å². The fraction of sp³-hybridized carbons (Fsp3) is 0.833. The third kappa shape index (κ3) is 9.53. The Hall–Kier alpha value is -1.93. The molecule has 0 aliphatic rings. The molecule has 0 spiro atoms. The average molecular weight is 395 g/mol. The lowest BCUT2D eigenvalue weighted by Gasteiger charge is -2.32. The Bertz CT molecular complexity index is 509. The van der Waals surface area contributed by atoms with Crippen molar-refractivity contribution < 1.29 is 37.4 Å². The zero-order valence-electron chi connectivity index (χ0n) is 17.4. The molecule has 0 heterocycles. The van der Waals surface area contributed by atoms with Crippen molar-refractivity contribution in [2.75, 3.05) is 7.11 Å². The summed E-state index contributed by atoms with van der Waals surface area (Å²) >= 11 is 0. The van der Waals surface area contributed by atoms with Gasteiger partial charge in [0.25, 0.3) is 0 Å². The Morgan fingerprint density at radius 2 is 1.33 bits per heavy atom. The van der Waals surface area contributed by atoms with E-state index in [1.807, 2.05) is 0 Å². The summed E-state index contributed by atoms with van der Waals surface area (Å²) in [4.78, 5) is 37.7. The lowest BCUT2D eigenvalue weighted by molar-refractivity contribution is -0.147. The first-order valence-corrected chi connectivity index (χ1v) is 8.74. The number of hydrogen-bond donors (Lipinski definition) is 0. The van der Waals surface area contributed by atoms with Gasteiger partial charge >= 0.3 is 18.2 Å². The number of methoxy groups -OCH3 is 1. The van der Waals surface area contributed by atoms with E-state index in [4.69, 9.17) is 9.47 Å². The van der Waals surface area contributed by atoms with Crippen molar-refractivity contribution in [1.82, 2.24) is 4.90 Å². The molecule has 9 heteroatoms. The quantitative estimate of drug-likeness (QED) is 0.486. The molecule has 0 aromatic carbocycles. The summed E-state index contributed by atoms with van der Waals surface area (Å²) in [6, 6.07) is -1.60. The van der Waals surface area contributed by atoms with Gasteiger partial charge in [-0.3, -0.25) is 0 Å². The van der Waals surface area contributed by atoms with Gasteiger partial charge in [0.15, 0.2) is 0 Å². The van der Waals surface area contributed by atoms with Gasteiger partial charge in [-0.1, -0.05) is 6.92 Å². The van der Waals surface area contributed by atoms with Gasteiger partial charge in [-0.15, -0.1) is 0 Å². The van der Waals surface area contributed by atoms with Crippen LogP contribution in [0, 0.1) is 0 Å². The second-order valence-electron chi connectivity index (χ2n) is 8.12. The number of amides is 2. The summed E-state index contributed by atoms with van der Waals surface area (Å²) < 4.78 is 42.3. The van der Waals surface area contributed by atoms with Gasteiger partial charge in [-0.2, -0.15) is 4.90 Å². The summed E-state index contributed by atoms with van der Waals surface area (Å²) in [6.07, 6.45) is -4.00. The number of esters is 1. The molecule has 1 atom stereocenters. The SMILES string of the molecule is CCC(F)(F)CC[C@@H](C(=O)OC)N(C(=O)OC(C)(C)C)C(=O)OC(C)(C)C. The highest BCUT2D eigenvalue weighted by atomic mass is 19.3. The standard InChI is InChI=1S/C18H31F2NO6/c1-9-18(19,20)11-10-12(13(22)25-8)21(14(23)26-16(2,3)4)15(24)27-17(5,6)7/h12H,9-11H2,1-8H3/t12-/m0/s1. The van der Waals surface area contributed by atoms with Crippen molar-refractivity contribution in [3.05, 3.63) is 0 Å². The molecule has 158 valence electrons. The first-order valence-electron chi connectivity index (χ1n) is 8.74. The molecule has 0 saturated heterocycles. The van der Waals surface area contributed by atoms with E-state index in [0.717, 1.165) is 7.11 Å². The highest BCUT2D eigenvalue weighted by Crippen LogP contribution is 2.27.